The monoisotopic (exact) mass is 376 g/mol. The van der Waals surface area contributed by atoms with Gasteiger partial charge >= 0.3 is 0 Å². The van der Waals surface area contributed by atoms with Gasteiger partial charge in [-0.2, -0.15) is 0 Å². The number of hydrogen-bond acceptors (Lipinski definition) is 4. The number of nitrogens with zero attached hydrogens (tertiary/aromatic N) is 3. The summed E-state index contributed by atoms with van der Waals surface area (Å²) in [6.07, 6.45) is 3.86. The van der Waals surface area contributed by atoms with E-state index in [0.717, 1.165) is 33.7 Å². The molecule has 4 aromatic rings. The number of carbonyl (C=O) groups is 1. The van der Waals surface area contributed by atoms with Crippen molar-refractivity contribution < 1.29 is 4.79 Å². The summed E-state index contributed by atoms with van der Waals surface area (Å²) in [5.41, 5.74) is 4.66. The number of nitrogens with one attached hydrogen (secondary N) is 1. The number of benzene rings is 1. The van der Waals surface area contributed by atoms with E-state index in [1.54, 1.807) is 6.20 Å². The van der Waals surface area contributed by atoms with Gasteiger partial charge in [0.2, 0.25) is 0 Å². The number of amides is 1. The number of carbonyl (C=O) groups excluding carboxylic acids is 1. The Balaban J connectivity index is 1.56. The maximum Gasteiger partial charge on any atom is 0.271 e. The van der Waals surface area contributed by atoms with Crippen molar-refractivity contribution in [3.8, 4) is 10.6 Å². The molecule has 5 nitrogen and oxygen atoms in total. The van der Waals surface area contributed by atoms with Gasteiger partial charge in [0.05, 0.1) is 0 Å². The van der Waals surface area contributed by atoms with E-state index in [9.17, 15) is 4.79 Å². The van der Waals surface area contributed by atoms with Crippen molar-refractivity contribution in [2.45, 2.75) is 26.9 Å². The van der Waals surface area contributed by atoms with Crippen LogP contribution in [-0.2, 0) is 13.1 Å². The average Bonchev–Trinajstić information content (AvgIpc) is 3.31. The van der Waals surface area contributed by atoms with Crippen molar-refractivity contribution in [1.82, 2.24) is 19.9 Å². The molecule has 4 rings (SSSR count). The lowest BCUT2D eigenvalue weighted by Gasteiger charge is -2.04. The molecule has 3 aromatic heterocycles. The first-order valence-electron chi connectivity index (χ1n) is 8.89. The van der Waals surface area contributed by atoms with Crippen LogP contribution < -0.4 is 5.32 Å². The van der Waals surface area contributed by atoms with E-state index in [2.05, 4.69) is 39.0 Å². The Labute approximate surface area is 161 Å². The average molecular weight is 376 g/mol. The van der Waals surface area contributed by atoms with Gasteiger partial charge in [-0.1, -0.05) is 29.8 Å². The Morgan fingerprint density at radius 2 is 2.15 bits per heavy atom. The first-order chi connectivity index (χ1) is 13.2. The van der Waals surface area contributed by atoms with Gasteiger partial charge in [-0.3, -0.25) is 4.79 Å². The zero-order chi connectivity index (χ0) is 18.8. The molecule has 0 unspecified atom stereocenters. The third-order valence-corrected chi connectivity index (χ3v) is 5.35. The predicted molar refractivity (Wildman–Crippen MR) is 109 cm³/mol. The molecular formula is C21H20N4OS. The molecule has 1 amide bonds. The van der Waals surface area contributed by atoms with Gasteiger partial charge in [0, 0.05) is 41.8 Å². The molecule has 0 spiro atoms. The number of aryl methyl sites for hydroxylation is 2. The molecule has 0 fully saturated rings. The molecule has 0 radical (unpaired) electrons. The van der Waals surface area contributed by atoms with E-state index < -0.39 is 0 Å². The number of aromatic nitrogens is 3. The highest BCUT2D eigenvalue weighted by Crippen LogP contribution is 2.31. The predicted octanol–water partition coefficient (Wildman–Crippen LogP) is 4.42. The van der Waals surface area contributed by atoms with Gasteiger partial charge in [-0.25, -0.2) is 9.97 Å². The van der Waals surface area contributed by atoms with Crippen LogP contribution in [0.1, 0.15) is 28.5 Å². The van der Waals surface area contributed by atoms with Crippen molar-refractivity contribution in [1.29, 1.82) is 0 Å². The van der Waals surface area contributed by atoms with Gasteiger partial charge in [-0.15, -0.1) is 11.3 Å². The summed E-state index contributed by atoms with van der Waals surface area (Å²) in [5, 5.41) is 6.65. The van der Waals surface area contributed by atoms with E-state index >= 15 is 0 Å². The highest BCUT2D eigenvalue weighted by molar-refractivity contribution is 7.13. The zero-order valence-electron chi connectivity index (χ0n) is 15.3. The lowest BCUT2D eigenvalue weighted by molar-refractivity contribution is 0.0946. The quantitative estimate of drug-likeness (QED) is 0.561. The van der Waals surface area contributed by atoms with Gasteiger partial charge in [0.1, 0.15) is 16.3 Å². The molecule has 0 saturated heterocycles. The molecule has 0 aliphatic carbocycles. The van der Waals surface area contributed by atoms with Gasteiger partial charge in [0.15, 0.2) is 0 Å². The van der Waals surface area contributed by atoms with Crippen molar-refractivity contribution in [3.63, 3.8) is 0 Å². The number of fused-ring (bicyclic) bond motifs is 1. The fourth-order valence-electron chi connectivity index (χ4n) is 3.13. The van der Waals surface area contributed by atoms with E-state index in [1.807, 2.05) is 42.6 Å². The Bertz CT molecular complexity index is 1110. The molecule has 27 heavy (non-hydrogen) atoms. The molecule has 0 aliphatic rings. The second-order valence-electron chi connectivity index (χ2n) is 6.41. The third-order valence-electron chi connectivity index (χ3n) is 4.48. The molecule has 0 aliphatic heterocycles. The van der Waals surface area contributed by atoms with Crippen LogP contribution in [0.4, 0.5) is 0 Å². The smallest absolute Gasteiger partial charge is 0.271 e. The Kier molecular flexibility index (Phi) is 4.73. The Hall–Kier alpha value is -2.99. The second kappa shape index (κ2) is 7.32. The molecule has 6 heteroatoms. The second-order valence-corrected chi connectivity index (χ2v) is 7.27. The van der Waals surface area contributed by atoms with Crippen LogP contribution in [0.25, 0.3) is 21.6 Å². The largest absolute Gasteiger partial charge is 0.347 e. The number of thiazole rings is 1. The van der Waals surface area contributed by atoms with Crippen molar-refractivity contribution >= 4 is 28.3 Å². The fraction of sp³-hybridized carbons (Fsp3) is 0.190. The Morgan fingerprint density at radius 1 is 1.26 bits per heavy atom. The number of pyridine rings is 1. The van der Waals surface area contributed by atoms with Gasteiger partial charge in [0.25, 0.3) is 5.91 Å². The van der Waals surface area contributed by atoms with Gasteiger partial charge < -0.3 is 9.88 Å². The van der Waals surface area contributed by atoms with Crippen LogP contribution in [0.5, 0.6) is 0 Å². The van der Waals surface area contributed by atoms with E-state index in [-0.39, 0.29) is 5.91 Å². The summed E-state index contributed by atoms with van der Waals surface area (Å²) in [6, 6.07) is 12.1. The first-order valence-corrected chi connectivity index (χ1v) is 9.77. The van der Waals surface area contributed by atoms with Gasteiger partial charge in [-0.05, 0) is 31.5 Å². The molecule has 0 atom stereocenters. The molecule has 3 heterocycles. The topological polar surface area (TPSA) is 59.8 Å². The lowest BCUT2D eigenvalue weighted by atomic mass is 10.1. The standard InChI is InChI=1S/C21H20N4OS/c1-3-25-12-17(16-8-5-9-22-19(16)25)21-24-18(13-27-21)20(26)23-11-15-7-4-6-14(2)10-15/h4-10,12-13H,3,11H2,1-2H3,(H,23,26). The SMILES string of the molecule is CCn1cc(-c2nc(C(=O)NCc3cccc(C)c3)cs2)c2cccnc21. The van der Waals surface area contributed by atoms with Crippen LogP contribution >= 0.6 is 11.3 Å². The highest BCUT2D eigenvalue weighted by atomic mass is 32.1. The summed E-state index contributed by atoms with van der Waals surface area (Å²) in [7, 11) is 0. The zero-order valence-corrected chi connectivity index (χ0v) is 16.1. The summed E-state index contributed by atoms with van der Waals surface area (Å²) in [5.74, 6) is -0.156. The minimum absolute atomic E-state index is 0.156. The fourth-order valence-corrected chi connectivity index (χ4v) is 3.95. The van der Waals surface area contributed by atoms with E-state index in [1.165, 1.54) is 16.9 Å². The molecule has 136 valence electrons. The first kappa shape index (κ1) is 17.4. The number of rotatable bonds is 5. The molecule has 1 N–H and O–H groups in total. The van der Waals surface area contributed by atoms with Crippen LogP contribution in [0.15, 0.2) is 54.2 Å². The molecule has 0 saturated carbocycles. The van der Waals surface area contributed by atoms with Crippen LogP contribution in [0.2, 0.25) is 0 Å². The van der Waals surface area contributed by atoms with Crippen LogP contribution in [-0.4, -0.2) is 20.4 Å². The maximum atomic E-state index is 12.5. The summed E-state index contributed by atoms with van der Waals surface area (Å²) in [6.45, 7) is 5.46. The van der Waals surface area contributed by atoms with Crippen molar-refractivity contribution in [2.75, 3.05) is 0 Å². The number of hydrogen-bond donors (Lipinski definition) is 1. The minimum Gasteiger partial charge on any atom is -0.347 e. The summed E-state index contributed by atoms with van der Waals surface area (Å²) in [4.78, 5) is 21.5. The molecule has 1 aromatic carbocycles. The summed E-state index contributed by atoms with van der Waals surface area (Å²) < 4.78 is 2.10. The van der Waals surface area contributed by atoms with E-state index in [0.29, 0.717) is 12.2 Å². The maximum absolute atomic E-state index is 12.5. The highest BCUT2D eigenvalue weighted by Gasteiger charge is 2.16. The van der Waals surface area contributed by atoms with Crippen LogP contribution in [0.3, 0.4) is 0 Å². The third kappa shape index (κ3) is 3.48. The summed E-state index contributed by atoms with van der Waals surface area (Å²) >= 11 is 1.48. The van der Waals surface area contributed by atoms with Crippen LogP contribution in [0, 0.1) is 6.92 Å². The van der Waals surface area contributed by atoms with E-state index in [4.69, 9.17) is 0 Å². The molecule has 0 bridgehead atoms. The Morgan fingerprint density at radius 3 is 2.96 bits per heavy atom. The minimum atomic E-state index is -0.156. The molecular weight excluding hydrogens is 356 g/mol. The van der Waals surface area contributed by atoms with Crippen molar-refractivity contribution in [2.24, 2.45) is 0 Å². The van der Waals surface area contributed by atoms with Crippen molar-refractivity contribution in [3.05, 3.63) is 71.0 Å². The lowest BCUT2D eigenvalue weighted by Crippen LogP contribution is -2.23. The normalized spacial score (nSPS) is 11.0.